The van der Waals surface area contributed by atoms with Crippen LogP contribution in [0.5, 0.6) is 0 Å². The van der Waals surface area contributed by atoms with E-state index in [4.69, 9.17) is 0 Å². The van der Waals surface area contributed by atoms with Gasteiger partial charge in [-0.25, -0.2) is 0 Å². The maximum absolute atomic E-state index is 12.7. The predicted octanol–water partition coefficient (Wildman–Crippen LogP) is 3.30. The normalized spacial score (nSPS) is 59.2. The van der Waals surface area contributed by atoms with Gasteiger partial charge in [0.2, 0.25) is 0 Å². The predicted molar refractivity (Wildman–Crippen MR) is 92.2 cm³/mol. The third-order valence-corrected chi connectivity index (χ3v) is 9.14. The van der Waals surface area contributed by atoms with Gasteiger partial charge in [-0.3, -0.25) is 4.79 Å². The maximum atomic E-state index is 12.7. The minimum atomic E-state index is -0.307. The Balaban J connectivity index is 1.69. The third kappa shape index (κ3) is 2.17. The number of aliphatic hydroxyl groups excluding tert-OH is 2. The van der Waals surface area contributed by atoms with E-state index in [2.05, 4.69) is 29.8 Å². The summed E-state index contributed by atoms with van der Waals surface area (Å²) in [6.07, 6.45) is 6.04. The van der Waals surface area contributed by atoms with Gasteiger partial charge in [-0.1, -0.05) is 29.8 Å². The van der Waals surface area contributed by atoms with Crippen LogP contribution in [0.25, 0.3) is 0 Å². The number of carbonyl (C=O) groups excluding carboxylic acids is 1. The Labute approximate surface area is 147 Å². The van der Waals surface area contributed by atoms with E-state index >= 15 is 0 Å². The van der Waals surface area contributed by atoms with Gasteiger partial charge in [0, 0.05) is 5.41 Å². The summed E-state index contributed by atoms with van der Waals surface area (Å²) < 4.78 is 0. The van der Waals surface area contributed by atoms with E-state index in [1.165, 1.54) is 0 Å². The Morgan fingerprint density at radius 2 is 1.78 bits per heavy atom. The summed E-state index contributed by atoms with van der Waals surface area (Å²) in [5, 5.41) is 21.0. The lowest BCUT2D eigenvalue weighted by Gasteiger charge is -2.61. The Morgan fingerprint density at radius 3 is 2.52 bits per heavy atom. The smallest absolute Gasteiger partial charge is 0.152 e. The Kier molecular flexibility index (Phi) is 3.80. The van der Waals surface area contributed by atoms with Gasteiger partial charge in [0.25, 0.3) is 0 Å². The summed E-state index contributed by atoms with van der Waals surface area (Å²) in [6.45, 7) is 4.54. The number of Topliss-reactive ketones (excluding diaryl/α,β-unsaturated/α-hetero) is 1. The summed E-state index contributed by atoms with van der Waals surface area (Å²) in [7, 11) is 0. The number of aliphatic hydroxyl groups is 2. The average molecular weight is 385 g/mol. The van der Waals surface area contributed by atoms with E-state index < -0.39 is 0 Å². The van der Waals surface area contributed by atoms with Gasteiger partial charge in [-0.05, 0) is 74.0 Å². The van der Waals surface area contributed by atoms with Crippen molar-refractivity contribution >= 4 is 21.7 Å². The van der Waals surface area contributed by atoms with E-state index in [0.717, 1.165) is 44.9 Å². The molecule has 3 nitrogen and oxygen atoms in total. The highest BCUT2D eigenvalue weighted by molar-refractivity contribution is 9.10. The zero-order valence-electron chi connectivity index (χ0n) is 14.2. The SMILES string of the molecule is C[C@]12CC[C@@H](O)C[C@@H]1C[C@H](O)[C@@H]1[C@@H]2CC[C@]2(C)C(=O)[C@H](Br)C[C@@H]12. The summed E-state index contributed by atoms with van der Waals surface area (Å²) >= 11 is 3.59. The fourth-order valence-electron chi connectivity index (χ4n) is 6.95. The molecule has 23 heavy (non-hydrogen) atoms. The molecule has 4 saturated carbocycles. The molecular formula is C19H29BrO3. The molecule has 9 atom stereocenters. The van der Waals surface area contributed by atoms with E-state index in [9.17, 15) is 15.0 Å². The Morgan fingerprint density at radius 1 is 1.04 bits per heavy atom. The van der Waals surface area contributed by atoms with E-state index in [1.807, 2.05) is 0 Å². The van der Waals surface area contributed by atoms with Crippen molar-refractivity contribution in [3.05, 3.63) is 0 Å². The lowest BCUT2D eigenvalue weighted by molar-refractivity contribution is -0.171. The molecule has 0 spiro atoms. The summed E-state index contributed by atoms with van der Waals surface area (Å²) in [5.74, 6) is 1.88. The van der Waals surface area contributed by atoms with Gasteiger partial charge in [-0.15, -0.1) is 0 Å². The molecule has 130 valence electrons. The molecule has 0 aliphatic heterocycles. The fourth-order valence-corrected chi connectivity index (χ4v) is 7.88. The van der Waals surface area contributed by atoms with Crippen LogP contribution in [-0.4, -0.2) is 33.0 Å². The monoisotopic (exact) mass is 384 g/mol. The van der Waals surface area contributed by atoms with Crippen LogP contribution in [0.2, 0.25) is 0 Å². The van der Waals surface area contributed by atoms with Crippen LogP contribution in [0.4, 0.5) is 0 Å². The van der Waals surface area contributed by atoms with Crippen molar-refractivity contribution in [1.29, 1.82) is 0 Å². The highest BCUT2D eigenvalue weighted by Crippen LogP contribution is 2.65. The minimum Gasteiger partial charge on any atom is -0.393 e. The second-order valence-corrected chi connectivity index (χ2v) is 10.4. The summed E-state index contributed by atoms with van der Waals surface area (Å²) in [6, 6.07) is 0. The standard InChI is InChI=1S/C19H29BrO3/c1-18-5-3-11(21)7-10(18)8-15(22)16-12(18)4-6-19(2)13(16)9-14(20)17(19)23/h10-16,21-22H,3-9H2,1-2H3/t10-,11-,12+,13+,14-,15+,16-,18+,19+/m1/s1. The first-order valence-electron chi connectivity index (χ1n) is 9.32. The first kappa shape index (κ1) is 16.5. The van der Waals surface area contributed by atoms with Crippen molar-refractivity contribution in [3.8, 4) is 0 Å². The number of hydrogen-bond acceptors (Lipinski definition) is 3. The van der Waals surface area contributed by atoms with Crippen LogP contribution < -0.4 is 0 Å². The van der Waals surface area contributed by atoms with Crippen molar-refractivity contribution in [2.75, 3.05) is 0 Å². The number of fused-ring (bicyclic) bond motifs is 5. The molecule has 0 heterocycles. The second kappa shape index (κ2) is 5.28. The maximum Gasteiger partial charge on any atom is 0.152 e. The molecule has 4 fully saturated rings. The van der Waals surface area contributed by atoms with Gasteiger partial charge in [0.05, 0.1) is 17.0 Å². The molecule has 4 heteroatoms. The Hall–Kier alpha value is 0.0700. The molecule has 0 bridgehead atoms. The van der Waals surface area contributed by atoms with Gasteiger partial charge in [0.1, 0.15) is 0 Å². The molecule has 0 amide bonds. The van der Waals surface area contributed by atoms with Crippen LogP contribution in [0, 0.1) is 34.5 Å². The van der Waals surface area contributed by atoms with Gasteiger partial charge in [0.15, 0.2) is 5.78 Å². The number of rotatable bonds is 0. The molecule has 0 unspecified atom stereocenters. The van der Waals surface area contributed by atoms with Crippen LogP contribution in [0.15, 0.2) is 0 Å². The fraction of sp³-hybridized carbons (Fsp3) is 0.947. The topological polar surface area (TPSA) is 57.5 Å². The second-order valence-electron chi connectivity index (χ2n) is 9.25. The summed E-state index contributed by atoms with van der Waals surface area (Å²) in [5.41, 5.74) is -0.00834. The first-order chi connectivity index (χ1) is 10.8. The quantitative estimate of drug-likeness (QED) is 0.629. The van der Waals surface area contributed by atoms with Crippen molar-refractivity contribution in [2.24, 2.45) is 34.5 Å². The molecule has 4 rings (SSSR count). The molecule has 0 aromatic rings. The lowest BCUT2D eigenvalue weighted by Crippen LogP contribution is -2.58. The molecule has 0 saturated heterocycles. The van der Waals surface area contributed by atoms with E-state index in [-0.39, 0.29) is 33.8 Å². The molecule has 4 aliphatic rings. The van der Waals surface area contributed by atoms with Crippen LogP contribution in [-0.2, 0) is 4.79 Å². The van der Waals surface area contributed by atoms with Crippen LogP contribution >= 0.6 is 15.9 Å². The largest absolute Gasteiger partial charge is 0.393 e. The minimum absolute atomic E-state index is 0.0258. The molecule has 0 radical (unpaired) electrons. The number of hydrogen-bond donors (Lipinski definition) is 2. The zero-order chi connectivity index (χ0) is 16.6. The lowest BCUT2D eigenvalue weighted by atomic mass is 9.44. The zero-order valence-corrected chi connectivity index (χ0v) is 15.8. The number of halogens is 1. The Bertz CT molecular complexity index is 523. The van der Waals surface area contributed by atoms with Gasteiger partial charge >= 0.3 is 0 Å². The molecule has 4 aliphatic carbocycles. The third-order valence-electron chi connectivity index (χ3n) is 8.35. The summed E-state index contributed by atoms with van der Waals surface area (Å²) in [4.78, 5) is 12.7. The average Bonchev–Trinajstić information content (AvgIpc) is 2.73. The molecule has 0 aromatic carbocycles. The van der Waals surface area contributed by atoms with Crippen LogP contribution in [0.1, 0.15) is 58.8 Å². The van der Waals surface area contributed by atoms with Crippen LogP contribution in [0.3, 0.4) is 0 Å². The van der Waals surface area contributed by atoms with Crippen molar-refractivity contribution in [2.45, 2.75) is 75.8 Å². The van der Waals surface area contributed by atoms with E-state index in [1.54, 1.807) is 0 Å². The van der Waals surface area contributed by atoms with Crippen molar-refractivity contribution < 1.29 is 15.0 Å². The van der Waals surface area contributed by atoms with Gasteiger partial charge in [-0.2, -0.15) is 0 Å². The van der Waals surface area contributed by atoms with Crippen molar-refractivity contribution in [1.82, 2.24) is 0 Å². The van der Waals surface area contributed by atoms with E-state index in [0.29, 0.717) is 23.5 Å². The number of ketones is 1. The number of alkyl halides is 1. The molecule has 2 N–H and O–H groups in total. The molecular weight excluding hydrogens is 356 g/mol. The first-order valence-corrected chi connectivity index (χ1v) is 10.2. The highest BCUT2D eigenvalue weighted by atomic mass is 79.9. The molecule has 0 aromatic heterocycles. The number of carbonyl (C=O) groups is 1. The highest BCUT2D eigenvalue weighted by Gasteiger charge is 2.64. The van der Waals surface area contributed by atoms with Crippen molar-refractivity contribution in [3.63, 3.8) is 0 Å². The van der Waals surface area contributed by atoms with Gasteiger partial charge < -0.3 is 10.2 Å².